The summed E-state index contributed by atoms with van der Waals surface area (Å²) in [5.74, 6) is 2.48. The van der Waals surface area contributed by atoms with Gasteiger partial charge in [-0.1, -0.05) is 6.92 Å². The zero-order valence-corrected chi connectivity index (χ0v) is 18.5. The van der Waals surface area contributed by atoms with E-state index in [9.17, 15) is 4.79 Å². The normalized spacial score (nSPS) is 20.1. The molecule has 0 aromatic heterocycles. The molecule has 0 saturated carbocycles. The first-order valence-electron chi connectivity index (χ1n) is 10.1. The number of rotatable bonds is 8. The number of anilines is 1. The van der Waals surface area contributed by atoms with E-state index in [1.165, 1.54) is 32.4 Å². The van der Waals surface area contributed by atoms with Crippen LogP contribution in [0.1, 0.15) is 39.0 Å². The van der Waals surface area contributed by atoms with Gasteiger partial charge >= 0.3 is 0 Å². The van der Waals surface area contributed by atoms with Crippen LogP contribution in [0.3, 0.4) is 0 Å². The molecule has 1 unspecified atom stereocenters. The van der Waals surface area contributed by atoms with Crippen LogP contribution in [0.15, 0.2) is 24.3 Å². The minimum absolute atomic E-state index is 0. The van der Waals surface area contributed by atoms with Gasteiger partial charge in [-0.05, 0) is 81.4 Å². The fourth-order valence-electron chi connectivity index (χ4n) is 3.89. The van der Waals surface area contributed by atoms with Gasteiger partial charge in [-0.15, -0.1) is 24.8 Å². The summed E-state index contributed by atoms with van der Waals surface area (Å²) in [6.07, 6.45) is 5.28. The van der Waals surface area contributed by atoms with Crippen molar-refractivity contribution >= 4 is 36.4 Å². The summed E-state index contributed by atoms with van der Waals surface area (Å²) in [7, 11) is 0. The fraction of sp³-hybridized carbons (Fsp3) is 0.667. The zero-order chi connectivity index (χ0) is 18.2. The average Bonchev–Trinajstić information content (AvgIpc) is 3.07. The Morgan fingerprint density at radius 1 is 1.18 bits per heavy atom. The third-order valence-electron chi connectivity index (χ3n) is 5.56. The Morgan fingerprint density at radius 3 is 2.54 bits per heavy atom. The lowest BCUT2D eigenvalue weighted by Gasteiger charge is -2.22. The summed E-state index contributed by atoms with van der Waals surface area (Å²) in [4.78, 5) is 14.6. The molecule has 0 radical (unpaired) electrons. The predicted molar refractivity (Wildman–Crippen MR) is 120 cm³/mol. The summed E-state index contributed by atoms with van der Waals surface area (Å²) in [6.45, 7) is 8.56. The van der Waals surface area contributed by atoms with Crippen molar-refractivity contribution in [2.75, 3.05) is 44.6 Å². The van der Waals surface area contributed by atoms with E-state index in [0.717, 1.165) is 43.4 Å². The zero-order valence-electron chi connectivity index (χ0n) is 16.8. The maximum absolute atomic E-state index is 12.1. The highest BCUT2D eigenvalue weighted by Gasteiger charge is 2.18. The highest BCUT2D eigenvalue weighted by Crippen LogP contribution is 2.20. The molecule has 3 rings (SSSR count). The van der Waals surface area contributed by atoms with Crippen LogP contribution in [0.2, 0.25) is 0 Å². The summed E-state index contributed by atoms with van der Waals surface area (Å²) in [5, 5.41) is 6.36. The first-order valence-corrected chi connectivity index (χ1v) is 10.1. The van der Waals surface area contributed by atoms with E-state index >= 15 is 0 Å². The molecular formula is C21H35Cl2N3O2. The molecule has 0 spiro atoms. The number of halogens is 2. The highest BCUT2D eigenvalue weighted by molar-refractivity contribution is 5.90. The van der Waals surface area contributed by atoms with Gasteiger partial charge in [0.25, 0.3) is 0 Å². The van der Waals surface area contributed by atoms with Crippen molar-refractivity contribution in [2.24, 2.45) is 11.8 Å². The Morgan fingerprint density at radius 2 is 1.89 bits per heavy atom. The smallest absolute Gasteiger partial charge is 0.224 e. The van der Waals surface area contributed by atoms with Crippen molar-refractivity contribution in [1.29, 1.82) is 0 Å². The van der Waals surface area contributed by atoms with Gasteiger partial charge in [-0.3, -0.25) is 9.69 Å². The number of carbonyl (C=O) groups excluding carboxylic acids is 1. The van der Waals surface area contributed by atoms with Crippen LogP contribution in [0, 0.1) is 11.8 Å². The van der Waals surface area contributed by atoms with E-state index in [-0.39, 0.29) is 30.7 Å². The second-order valence-electron chi connectivity index (χ2n) is 7.85. The van der Waals surface area contributed by atoms with Crippen LogP contribution in [-0.2, 0) is 4.79 Å². The Balaban J connectivity index is 0.00000196. The van der Waals surface area contributed by atoms with E-state index in [1.807, 2.05) is 24.3 Å². The van der Waals surface area contributed by atoms with Crippen LogP contribution in [0.5, 0.6) is 5.75 Å². The Labute approximate surface area is 181 Å². The molecule has 5 nitrogen and oxygen atoms in total. The molecule has 2 heterocycles. The minimum Gasteiger partial charge on any atom is -0.492 e. The van der Waals surface area contributed by atoms with Gasteiger partial charge in [0.1, 0.15) is 12.4 Å². The maximum Gasteiger partial charge on any atom is 0.224 e. The molecule has 0 bridgehead atoms. The first kappa shape index (κ1) is 25.0. The first-order chi connectivity index (χ1) is 12.7. The number of benzene rings is 1. The lowest BCUT2D eigenvalue weighted by Crippen LogP contribution is -2.28. The van der Waals surface area contributed by atoms with Gasteiger partial charge in [0.05, 0.1) is 0 Å². The molecule has 0 aliphatic carbocycles. The number of ether oxygens (including phenoxy) is 1. The Kier molecular flexibility index (Phi) is 11.8. The van der Waals surface area contributed by atoms with Crippen LogP contribution in [0.4, 0.5) is 5.69 Å². The van der Waals surface area contributed by atoms with Gasteiger partial charge in [-0.2, -0.15) is 0 Å². The standard InChI is InChI=1S/C21H33N3O2.2ClH/c1-17-10-13-24(16-17)14-15-26-20-5-3-19(4-6-20)23-21(25)7-2-18-8-11-22-12-9-18;;/h3-6,17-18,22H,2,7-16H2,1H3,(H,23,25);2*1H. The van der Waals surface area contributed by atoms with E-state index in [4.69, 9.17) is 4.74 Å². The molecule has 1 atom stereocenters. The summed E-state index contributed by atoms with van der Waals surface area (Å²) in [6, 6.07) is 7.73. The summed E-state index contributed by atoms with van der Waals surface area (Å²) >= 11 is 0. The van der Waals surface area contributed by atoms with Crippen molar-refractivity contribution in [3.63, 3.8) is 0 Å². The van der Waals surface area contributed by atoms with Gasteiger partial charge in [0, 0.05) is 25.2 Å². The van der Waals surface area contributed by atoms with Crippen molar-refractivity contribution in [3.05, 3.63) is 24.3 Å². The number of likely N-dealkylation sites (tertiary alicyclic amines) is 1. The third-order valence-corrected chi connectivity index (χ3v) is 5.56. The van der Waals surface area contributed by atoms with Gasteiger partial charge in [-0.25, -0.2) is 0 Å². The lowest BCUT2D eigenvalue weighted by atomic mass is 9.93. The Hall–Kier alpha value is -1.01. The number of nitrogens with one attached hydrogen (secondary N) is 2. The van der Waals surface area contributed by atoms with Crippen molar-refractivity contribution in [1.82, 2.24) is 10.2 Å². The van der Waals surface area contributed by atoms with E-state index in [1.54, 1.807) is 0 Å². The number of amides is 1. The maximum atomic E-state index is 12.1. The SMILES string of the molecule is CC1CCN(CCOc2ccc(NC(=O)CCC3CCNCC3)cc2)C1.Cl.Cl. The van der Waals surface area contributed by atoms with Gasteiger partial charge in [0.15, 0.2) is 0 Å². The highest BCUT2D eigenvalue weighted by atomic mass is 35.5. The molecule has 160 valence electrons. The van der Waals surface area contributed by atoms with E-state index in [2.05, 4.69) is 22.5 Å². The average molecular weight is 432 g/mol. The van der Waals surface area contributed by atoms with Crippen LogP contribution < -0.4 is 15.4 Å². The fourth-order valence-corrected chi connectivity index (χ4v) is 3.89. The van der Waals surface area contributed by atoms with Crippen molar-refractivity contribution in [2.45, 2.75) is 39.0 Å². The molecule has 1 amide bonds. The molecule has 28 heavy (non-hydrogen) atoms. The Bertz CT molecular complexity index is 565. The molecule has 2 N–H and O–H groups in total. The minimum atomic E-state index is 0. The molecule has 2 aliphatic rings. The molecule has 1 aromatic carbocycles. The number of carbonyl (C=O) groups is 1. The summed E-state index contributed by atoms with van der Waals surface area (Å²) in [5.41, 5.74) is 0.848. The second kappa shape index (κ2) is 13.3. The van der Waals surface area contributed by atoms with Crippen LogP contribution in [-0.4, -0.2) is 50.1 Å². The van der Waals surface area contributed by atoms with Crippen LogP contribution in [0.25, 0.3) is 0 Å². The molecule has 2 fully saturated rings. The molecule has 1 aromatic rings. The predicted octanol–water partition coefficient (Wildman–Crippen LogP) is 3.97. The lowest BCUT2D eigenvalue weighted by molar-refractivity contribution is -0.116. The second-order valence-corrected chi connectivity index (χ2v) is 7.85. The number of piperidine rings is 1. The quantitative estimate of drug-likeness (QED) is 0.653. The van der Waals surface area contributed by atoms with Gasteiger partial charge in [0.2, 0.25) is 5.91 Å². The van der Waals surface area contributed by atoms with Crippen molar-refractivity contribution in [3.8, 4) is 5.75 Å². The van der Waals surface area contributed by atoms with E-state index < -0.39 is 0 Å². The third kappa shape index (κ3) is 8.56. The monoisotopic (exact) mass is 431 g/mol. The number of nitrogens with zero attached hydrogens (tertiary/aromatic N) is 1. The molecule has 7 heteroatoms. The molecule has 2 aliphatic heterocycles. The molecular weight excluding hydrogens is 397 g/mol. The largest absolute Gasteiger partial charge is 0.492 e. The van der Waals surface area contributed by atoms with Crippen molar-refractivity contribution < 1.29 is 9.53 Å². The van der Waals surface area contributed by atoms with E-state index in [0.29, 0.717) is 18.9 Å². The van der Waals surface area contributed by atoms with Crippen LogP contribution >= 0.6 is 24.8 Å². The molecule has 2 saturated heterocycles. The topological polar surface area (TPSA) is 53.6 Å². The summed E-state index contributed by atoms with van der Waals surface area (Å²) < 4.78 is 5.83. The number of hydrogen-bond acceptors (Lipinski definition) is 4. The number of hydrogen-bond donors (Lipinski definition) is 2. The van der Waals surface area contributed by atoms with Gasteiger partial charge < -0.3 is 15.4 Å².